The smallest absolute Gasteiger partial charge is 0.417 e. The van der Waals surface area contributed by atoms with Gasteiger partial charge in [-0.2, -0.15) is 13.2 Å². The van der Waals surface area contributed by atoms with Crippen molar-refractivity contribution < 1.29 is 17.9 Å². The summed E-state index contributed by atoms with van der Waals surface area (Å²) in [7, 11) is 1.46. The Labute approximate surface area is 135 Å². The maximum atomic E-state index is 13.2. The van der Waals surface area contributed by atoms with Crippen LogP contribution in [-0.4, -0.2) is 12.1 Å². The summed E-state index contributed by atoms with van der Waals surface area (Å²) in [4.78, 5) is 16.3. The minimum atomic E-state index is -4.52. The second kappa shape index (κ2) is 5.96. The predicted octanol–water partition coefficient (Wildman–Crippen LogP) is 4.29. The minimum absolute atomic E-state index is 0.00373. The van der Waals surface area contributed by atoms with Crippen LogP contribution in [0.3, 0.4) is 0 Å². The largest absolute Gasteiger partial charge is 0.496 e. The highest BCUT2D eigenvalue weighted by molar-refractivity contribution is 5.84. The van der Waals surface area contributed by atoms with Crippen molar-refractivity contribution in [3.05, 3.63) is 70.5 Å². The third-order valence-corrected chi connectivity index (χ3v) is 3.65. The third kappa shape index (κ3) is 2.82. The Balaban J connectivity index is 2.34. The molecule has 0 amide bonds. The number of hydrogen-bond donors (Lipinski definition) is 0. The highest BCUT2D eigenvalue weighted by atomic mass is 19.4. The van der Waals surface area contributed by atoms with E-state index in [2.05, 4.69) is 4.98 Å². The number of rotatable bonds is 2. The summed E-state index contributed by atoms with van der Waals surface area (Å²) < 4.78 is 44.7. The van der Waals surface area contributed by atoms with Gasteiger partial charge < -0.3 is 4.74 Å². The molecule has 0 saturated carbocycles. The molecule has 0 spiro atoms. The fraction of sp³-hybridized carbons (Fsp3) is 0.111. The summed E-state index contributed by atoms with van der Waals surface area (Å²) in [5, 5.41) is -0.122. The topological polar surface area (TPSA) is 39.2 Å². The van der Waals surface area contributed by atoms with Gasteiger partial charge in [-0.15, -0.1) is 0 Å². The maximum absolute atomic E-state index is 13.2. The normalized spacial score (nSPS) is 11.5. The molecule has 24 heavy (non-hydrogen) atoms. The number of ether oxygens (including phenoxy) is 1. The molecule has 0 aliphatic rings. The first-order valence-corrected chi connectivity index (χ1v) is 7.06. The molecular formula is C18H12F3NO2. The Morgan fingerprint density at radius 2 is 1.67 bits per heavy atom. The summed E-state index contributed by atoms with van der Waals surface area (Å²) >= 11 is 0. The van der Waals surface area contributed by atoms with Crippen molar-refractivity contribution in [3.63, 3.8) is 0 Å². The molecule has 0 unspecified atom stereocenters. The maximum Gasteiger partial charge on any atom is 0.417 e. The lowest BCUT2D eigenvalue weighted by molar-refractivity contribution is -0.136. The lowest BCUT2D eigenvalue weighted by atomic mass is 10.1. The predicted molar refractivity (Wildman–Crippen MR) is 85.0 cm³/mol. The molecule has 0 bridgehead atoms. The van der Waals surface area contributed by atoms with Gasteiger partial charge in [-0.05, 0) is 24.3 Å². The Morgan fingerprint density at radius 3 is 2.38 bits per heavy atom. The highest BCUT2D eigenvalue weighted by Gasteiger charge is 2.32. The first-order chi connectivity index (χ1) is 11.4. The van der Waals surface area contributed by atoms with Crippen molar-refractivity contribution in [1.29, 1.82) is 0 Å². The Hall–Kier alpha value is -2.89. The van der Waals surface area contributed by atoms with E-state index in [9.17, 15) is 18.0 Å². The zero-order valence-electron chi connectivity index (χ0n) is 12.6. The monoisotopic (exact) mass is 331 g/mol. The van der Waals surface area contributed by atoms with Crippen LogP contribution in [-0.2, 0) is 6.18 Å². The zero-order valence-corrected chi connectivity index (χ0v) is 12.6. The number of methoxy groups -OCH3 is 1. The molecule has 3 rings (SSSR count). The van der Waals surface area contributed by atoms with Crippen LogP contribution in [0.2, 0.25) is 0 Å². The first-order valence-electron chi connectivity index (χ1n) is 7.06. The van der Waals surface area contributed by atoms with Crippen LogP contribution < -0.4 is 10.3 Å². The molecule has 3 aromatic rings. The van der Waals surface area contributed by atoms with Gasteiger partial charge in [0.1, 0.15) is 5.75 Å². The first kappa shape index (κ1) is 16.0. The fourth-order valence-electron chi connectivity index (χ4n) is 2.55. The number of alkyl halides is 3. The molecule has 0 N–H and O–H groups in total. The van der Waals surface area contributed by atoms with E-state index in [0.717, 1.165) is 6.07 Å². The second-order valence-corrected chi connectivity index (χ2v) is 5.10. The van der Waals surface area contributed by atoms with E-state index >= 15 is 0 Å². The van der Waals surface area contributed by atoms with Crippen LogP contribution in [0.25, 0.3) is 22.0 Å². The summed E-state index contributed by atoms with van der Waals surface area (Å²) in [5.74, 6) is 0.447. The Morgan fingerprint density at radius 1 is 0.917 bits per heavy atom. The summed E-state index contributed by atoms with van der Waals surface area (Å²) in [6.07, 6.45) is -4.52. The van der Waals surface area contributed by atoms with Gasteiger partial charge in [0.05, 0.1) is 23.8 Å². The molecule has 2 aromatic carbocycles. The zero-order chi connectivity index (χ0) is 17.3. The quantitative estimate of drug-likeness (QED) is 0.703. The standard InChI is InChI=1S/C18H12F3NO2/c1-24-16-8-3-2-5-11(16)12-9-10-13-14(18(19,20)21)6-4-7-15(13)22-17(12)23/h2-10H,1H3. The van der Waals surface area contributed by atoms with E-state index in [1.807, 2.05) is 0 Å². The summed E-state index contributed by atoms with van der Waals surface area (Å²) in [5.41, 5.74) is -0.790. The van der Waals surface area contributed by atoms with E-state index in [4.69, 9.17) is 4.74 Å². The molecule has 0 radical (unpaired) electrons. The van der Waals surface area contributed by atoms with Crippen molar-refractivity contribution in [2.75, 3.05) is 7.11 Å². The van der Waals surface area contributed by atoms with Crippen LogP contribution >= 0.6 is 0 Å². The van der Waals surface area contributed by atoms with Crippen molar-refractivity contribution in [2.24, 2.45) is 0 Å². The Bertz CT molecular complexity index is 968. The Kier molecular flexibility index (Phi) is 3.97. The average Bonchev–Trinajstić information content (AvgIpc) is 2.71. The number of benzene rings is 2. The number of hydrogen-bond acceptors (Lipinski definition) is 3. The number of nitrogens with zero attached hydrogens (tertiary/aromatic N) is 1. The van der Waals surface area contributed by atoms with Crippen LogP contribution in [0, 0.1) is 0 Å². The van der Waals surface area contributed by atoms with Crippen LogP contribution in [0.15, 0.2) is 59.4 Å². The van der Waals surface area contributed by atoms with Crippen molar-refractivity contribution in [3.8, 4) is 16.9 Å². The van der Waals surface area contributed by atoms with Gasteiger partial charge in [0.15, 0.2) is 0 Å². The van der Waals surface area contributed by atoms with Crippen molar-refractivity contribution >= 4 is 10.9 Å². The third-order valence-electron chi connectivity index (χ3n) is 3.65. The van der Waals surface area contributed by atoms with Gasteiger partial charge in [-0.1, -0.05) is 30.3 Å². The van der Waals surface area contributed by atoms with Crippen molar-refractivity contribution in [1.82, 2.24) is 4.98 Å². The van der Waals surface area contributed by atoms with Crippen LogP contribution in [0.4, 0.5) is 13.2 Å². The lowest BCUT2D eigenvalue weighted by Crippen LogP contribution is -2.07. The highest BCUT2D eigenvalue weighted by Crippen LogP contribution is 2.34. The van der Waals surface area contributed by atoms with E-state index in [1.54, 1.807) is 24.3 Å². The number of para-hydroxylation sites is 1. The average molecular weight is 331 g/mol. The fourth-order valence-corrected chi connectivity index (χ4v) is 2.55. The van der Waals surface area contributed by atoms with Gasteiger partial charge in [0.2, 0.25) is 0 Å². The molecule has 0 saturated heterocycles. The molecule has 0 fully saturated rings. The molecule has 122 valence electrons. The van der Waals surface area contributed by atoms with Crippen molar-refractivity contribution in [2.45, 2.75) is 6.18 Å². The second-order valence-electron chi connectivity index (χ2n) is 5.10. The molecule has 1 aromatic heterocycles. The summed E-state index contributed by atoms with van der Waals surface area (Å²) in [6.45, 7) is 0. The molecule has 3 nitrogen and oxygen atoms in total. The van der Waals surface area contributed by atoms with E-state index in [1.165, 1.54) is 31.4 Å². The number of aromatic nitrogens is 1. The molecule has 0 aliphatic carbocycles. The van der Waals surface area contributed by atoms with Gasteiger partial charge in [-0.3, -0.25) is 4.79 Å². The number of fused-ring (bicyclic) bond motifs is 1. The molecular weight excluding hydrogens is 319 g/mol. The molecule has 0 atom stereocenters. The van der Waals surface area contributed by atoms with E-state index in [0.29, 0.717) is 11.3 Å². The lowest BCUT2D eigenvalue weighted by Gasteiger charge is -2.07. The van der Waals surface area contributed by atoms with Gasteiger partial charge >= 0.3 is 6.18 Å². The molecule has 6 heteroatoms. The van der Waals surface area contributed by atoms with Gasteiger partial charge in [0.25, 0.3) is 5.56 Å². The van der Waals surface area contributed by atoms with Crippen LogP contribution in [0.5, 0.6) is 5.75 Å². The van der Waals surface area contributed by atoms with Crippen LogP contribution in [0.1, 0.15) is 5.56 Å². The van der Waals surface area contributed by atoms with Gasteiger partial charge in [0, 0.05) is 10.9 Å². The molecule has 1 heterocycles. The SMILES string of the molecule is COc1ccccc1-c1ccc2c(C(F)(F)F)cccc2nc1=O. The van der Waals surface area contributed by atoms with E-state index in [-0.39, 0.29) is 16.5 Å². The summed E-state index contributed by atoms with van der Waals surface area (Å²) in [6, 6.07) is 13.0. The van der Waals surface area contributed by atoms with Gasteiger partial charge in [-0.25, -0.2) is 4.98 Å². The minimum Gasteiger partial charge on any atom is -0.496 e. The van der Waals surface area contributed by atoms with E-state index < -0.39 is 17.3 Å². The molecule has 0 aliphatic heterocycles. The number of halogens is 3.